The molecule has 1 aromatic rings. The molecule has 1 heteroatoms. The molecule has 1 aliphatic heterocycles. The first-order valence-corrected chi connectivity index (χ1v) is 7.16. The molecule has 2 aliphatic rings. The maximum Gasteiger partial charge on any atom is 0.0322 e. The Kier molecular flexibility index (Phi) is 3.19. The Balaban J connectivity index is 1.70. The molecule has 1 aliphatic carbocycles. The summed E-state index contributed by atoms with van der Waals surface area (Å²) in [5, 5.41) is 3.64. The molecule has 92 valence electrons. The first kappa shape index (κ1) is 11.3. The van der Waals surface area contributed by atoms with Crippen LogP contribution in [-0.4, -0.2) is 6.54 Å². The third-order valence-electron chi connectivity index (χ3n) is 4.58. The van der Waals surface area contributed by atoms with Crippen molar-refractivity contribution in [2.75, 3.05) is 6.54 Å². The highest BCUT2D eigenvalue weighted by Crippen LogP contribution is 2.37. The average Bonchev–Trinajstić information content (AvgIpc) is 2.28. The fourth-order valence-corrected chi connectivity index (χ4v) is 3.10. The van der Waals surface area contributed by atoms with Crippen molar-refractivity contribution in [2.24, 2.45) is 5.92 Å². The van der Waals surface area contributed by atoms with Gasteiger partial charge in [0.15, 0.2) is 0 Å². The van der Waals surface area contributed by atoms with Crippen LogP contribution in [0.2, 0.25) is 0 Å². The van der Waals surface area contributed by atoms with Crippen molar-refractivity contribution in [3.63, 3.8) is 0 Å². The third kappa shape index (κ3) is 2.40. The van der Waals surface area contributed by atoms with Gasteiger partial charge in [0.25, 0.3) is 0 Å². The molecule has 1 nitrogen and oxygen atoms in total. The van der Waals surface area contributed by atoms with E-state index in [-0.39, 0.29) is 0 Å². The van der Waals surface area contributed by atoms with Gasteiger partial charge in [-0.2, -0.15) is 0 Å². The van der Waals surface area contributed by atoms with E-state index in [1.54, 1.807) is 5.56 Å². The first-order chi connectivity index (χ1) is 8.33. The highest BCUT2D eigenvalue weighted by Gasteiger charge is 2.21. The van der Waals surface area contributed by atoms with Crippen molar-refractivity contribution in [3.05, 3.63) is 35.4 Å². The molecule has 0 amide bonds. The lowest BCUT2D eigenvalue weighted by Crippen LogP contribution is -2.30. The Morgan fingerprint density at radius 1 is 1.00 bits per heavy atom. The van der Waals surface area contributed by atoms with E-state index in [1.165, 1.54) is 44.2 Å². The second-order valence-corrected chi connectivity index (χ2v) is 5.93. The van der Waals surface area contributed by atoms with E-state index < -0.39 is 0 Å². The van der Waals surface area contributed by atoms with Crippen molar-refractivity contribution < 1.29 is 0 Å². The molecule has 1 heterocycles. The Morgan fingerprint density at radius 3 is 2.29 bits per heavy atom. The summed E-state index contributed by atoms with van der Waals surface area (Å²) in [5.74, 6) is 1.73. The van der Waals surface area contributed by atoms with E-state index in [1.807, 2.05) is 0 Å². The van der Waals surface area contributed by atoms with Gasteiger partial charge in [0.05, 0.1) is 0 Å². The average molecular weight is 229 g/mol. The summed E-state index contributed by atoms with van der Waals surface area (Å²) < 4.78 is 0. The lowest BCUT2D eigenvalue weighted by Gasteiger charge is -2.29. The van der Waals surface area contributed by atoms with Crippen LogP contribution in [0.25, 0.3) is 0 Å². The molecule has 1 saturated carbocycles. The van der Waals surface area contributed by atoms with Crippen LogP contribution in [0, 0.1) is 5.92 Å². The molecule has 2 fully saturated rings. The molecule has 1 saturated heterocycles. The van der Waals surface area contributed by atoms with Crippen LogP contribution in [0.1, 0.15) is 62.1 Å². The van der Waals surface area contributed by atoms with Gasteiger partial charge in [-0.05, 0) is 55.2 Å². The van der Waals surface area contributed by atoms with Gasteiger partial charge in [-0.25, -0.2) is 0 Å². The minimum absolute atomic E-state index is 0.592. The molecule has 2 unspecified atom stereocenters. The second kappa shape index (κ2) is 4.81. The fourth-order valence-electron chi connectivity index (χ4n) is 3.10. The van der Waals surface area contributed by atoms with Crippen molar-refractivity contribution in [2.45, 2.75) is 51.0 Å². The van der Waals surface area contributed by atoms with E-state index in [0.29, 0.717) is 6.04 Å². The molecule has 0 radical (unpaired) electrons. The summed E-state index contributed by atoms with van der Waals surface area (Å²) in [7, 11) is 0. The summed E-state index contributed by atoms with van der Waals surface area (Å²) in [5.41, 5.74) is 3.04. The van der Waals surface area contributed by atoms with Gasteiger partial charge in [-0.3, -0.25) is 0 Å². The first-order valence-electron chi connectivity index (χ1n) is 7.16. The van der Waals surface area contributed by atoms with Gasteiger partial charge in [-0.15, -0.1) is 0 Å². The second-order valence-electron chi connectivity index (χ2n) is 5.93. The topological polar surface area (TPSA) is 12.0 Å². The van der Waals surface area contributed by atoms with Crippen LogP contribution in [0.4, 0.5) is 0 Å². The van der Waals surface area contributed by atoms with Gasteiger partial charge in [0, 0.05) is 6.04 Å². The minimum Gasteiger partial charge on any atom is -0.310 e. The molecule has 0 spiro atoms. The smallest absolute Gasteiger partial charge is 0.0322 e. The highest BCUT2D eigenvalue weighted by molar-refractivity contribution is 5.28. The molecule has 1 aromatic carbocycles. The van der Waals surface area contributed by atoms with Crippen LogP contribution in [0.3, 0.4) is 0 Å². The largest absolute Gasteiger partial charge is 0.310 e. The summed E-state index contributed by atoms with van der Waals surface area (Å²) in [6.45, 7) is 3.55. The Morgan fingerprint density at radius 2 is 1.71 bits per heavy atom. The normalized spacial score (nSPS) is 29.9. The summed E-state index contributed by atoms with van der Waals surface area (Å²) >= 11 is 0. The van der Waals surface area contributed by atoms with E-state index >= 15 is 0 Å². The van der Waals surface area contributed by atoms with Crippen LogP contribution in [-0.2, 0) is 0 Å². The van der Waals surface area contributed by atoms with Crippen molar-refractivity contribution in [3.8, 4) is 0 Å². The number of rotatable bonds is 2. The molecule has 0 bridgehead atoms. The van der Waals surface area contributed by atoms with Gasteiger partial charge in [0.2, 0.25) is 0 Å². The van der Waals surface area contributed by atoms with Gasteiger partial charge in [-0.1, -0.05) is 37.6 Å². The summed E-state index contributed by atoms with van der Waals surface area (Å²) in [6.07, 6.45) is 6.85. The summed E-state index contributed by atoms with van der Waals surface area (Å²) in [4.78, 5) is 0. The minimum atomic E-state index is 0.592. The van der Waals surface area contributed by atoms with E-state index in [9.17, 15) is 0 Å². The van der Waals surface area contributed by atoms with E-state index in [2.05, 4.69) is 36.5 Å². The van der Waals surface area contributed by atoms with Gasteiger partial charge < -0.3 is 5.32 Å². The maximum atomic E-state index is 3.64. The zero-order valence-electron chi connectivity index (χ0n) is 10.8. The van der Waals surface area contributed by atoms with Crippen LogP contribution in [0.5, 0.6) is 0 Å². The molecule has 3 rings (SSSR count). The van der Waals surface area contributed by atoms with Crippen LogP contribution >= 0.6 is 0 Å². The van der Waals surface area contributed by atoms with Gasteiger partial charge >= 0.3 is 0 Å². The molecular weight excluding hydrogens is 206 g/mol. The number of benzene rings is 1. The summed E-state index contributed by atoms with van der Waals surface area (Å²) in [6, 6.07) is 10.0. The predicted molar refractivity (Wildman–Crippen MR) is 72.2 cm³/mol. The molecule has 17 heavy (non-hydrogen) atoms. The fraction of sp³-hybridized carbons (Fsp3) is 0.625. The highest BCUT2D eigenvalue weighted by atomic mass is 14.9. The Hall–Kier alpha value is -0.820. The zero-order chi connectivity index (χ0) is 11.7. The van der Waals surface area contributed by atoms with Gasteiger partial charge in [0.1, 0.15) is 0 Å². The predicted octanol–water partition coefficient (Wildman–Crippen LogP) is 4.01. The van der Waals surface area contributed by atoms with Crippen molar-refractivity contribution in [1.82, 2.24) is 5.32 Å². The molecule has 0 aromatic heterocycles. The maximum absolute atomic E-state index is 3.64. The quantitative estimate of drug-likeness (QED) is 0.808. The number of hydrogen-bond acceptors (Lipinski definition) is 1. The number of nitrogens with one attached hydrogen (secondary N) is 1. The molecular formula is C16H23N. The van der Waals surface area contributed by atoms with E-state index in [4.69, 9.17) is 0 Å². The van der Waals surface area contributed by atoms with E-state index in [0.717, 1.165) is 11.8 Å². The van der Waals surface area contributed by atoms with Crippen LogP contribution < -0.4 is 5.32 Å². The van der Waals surface area contributed by atoms with Crippen molar-refractivity contribution >= 4 is 0 Å². The third-order valence-corrected chi connectivity index (χ3v) is 4.58. The molecule has 1 N–H and O–H groups in total. The lowest BCUT2D eigenvalue weighted by molar-refractivity contribution is 0.325. The Bertz CT molecular complexity index is 364. The zero-order valence-corrected chi connectivity index (χ0v) is 10.8. The van der Waals surface area contributed by atoms with Crippen molar-refractivity contribution in [1.29, 1.82) is 0 Å². The lowest BCUT2D eigenvalue weighted by atomic mass is 9.79. The Labute approximate surface area is 105 Å². The molecule has 2 atom stereocenters. The standard InChI is InChI=1S/C16H23N/c1-12-9-10-17-16(11-12)15-7-5-14(6-8-15)13-3-2-4-13/h5-8,12-13,16-17H,2-4,9-11H2,1H3. The monoisotopic (exact) mass is 229 g/mol. The number of piperidine rings is 1. The van der Waals surface area contributed by atoms with Crippen LogP contribution in [0.15, 0.2) is 24.3 Å². The number of hydrogen-bond donors (Lipinski definition) is 1. The SMILES string of the molecule is CC1CCNC(c2ccc(C3CCC3)cc2)C1.